The van der Waals surface area contributed by atoms with Gasteiger partial charge in [-0.15, -0.1) is 0 Å². The Morgan fingerprint density at radius 3 is 1.57 bits per heavy atom. The van der Waals surface area contributed by atoms with Crippen LogP contribution in [-0.2, 0) is 0 Å². The van der Waals surface area contributed by atoms with Gasteiger partial charge in [-0.2, -0.15) is 0 Å². The number of halogens is 5. The molecule has 0 saturated carbocycles. The van der Waals surface area contributed by atoms with Gasteiger partial charge in [-0.05, 0) is 0 Å². The maximum atomic E-state index is 14.3. The third-order valence-corrected chi connectivity index (χ3v) is 4.26. The van der Waals surface area contributed by atoms with E-state index in [0.717, 1.165) is 0 Å². The van der Waals surface area contributed by atoms with E-state index in [1.807, 2.05) is 0 Å². The van der Waals surface area contributed by atoms with Crippen LogP contribution in [0.2, 0.25) is 0 Å². The number of nitrogens with zero attached hydrogens (tertiary/aromatic N) is 1. The van der Waals surface area contributed by atoms with Crippen molar-refractivity contribution >= 4 is 0 Å². The fraction of sp³-hybridized carbons (Fsp3) is 0. The van der Waals surface area contributed by atoms with E-state index in [1.54, 1.807) is 60.7 Å². The Hall–Kier alpha value is -3.48. The van der Waals surface area contributed by atoms with Gasteiger partial charge < -0.3 is 4.98 Å². The second-order valence-electron chi connectivity index (χ2n) is 5.99. The summed E-state index contributed by atoms with van der Waals surface area (Å²) in [6.45, 7) is 0. The van der Waals surface area contributed by atoms with E-state index in [0.29, 0.717) is 22.5 Å². The highest BCUT2D eigenvalue weighted by Crippen LogP contribution is 2.36. The monoisotopic (exact) mass is 386 g/mol. The summed E-state index contributed by atoms with van der Waals surface area (Å²) in [6.07, 6.45) is 0. The highest BCUT2D eigenvalue weighted by molar-refractivity contribution is 5.81. The summed E-state index contributed by atoms with van der Waals surface area (Å²) in [7, 11) is 0. The van der Waals surface area contributed by atoms with Crippen LogP contribution in [0.4, 0.5) is 22.0 Å². The molecule has 0 amide bonds. The fourth-order valence-electron chi connectivity index (χ4n) is 2.92. The topological polar surface area (TPSA) is 28.7 Å². The van der Waals surface area contributed by atoms with Crippen LogP contribution in [0.15, 0.2) is 60.7 Å². The Bertz CT molecular complexity index is 1070. The number of H-pyrrole nitrogens is 1. The zero-order chi connectivity index (χ0) is 19.8. The summed E-state index contributed by atoms with van der Waals surface area (Å²) < 4.78 is 69.2. The van der Waals surface area contributed by atoms with Crippen LogP contribution < -0.4 is 0 Å². The largest absolute Gasteiger partial charge is 0.337 e. The number of imidazole rings is 1. The molecule has 0 atom stereocenters. The van der Waals surface area contributed by atoms with Gasteiger partial charge in [0.05, 0.1) is 17.0 Å². The number of aromatic nitrogens is 2. The van der Waals surface area contributed by atoms with Crippen LogP contribution in [0.3, 0.4) is 0 Å². The Kier molecular flexibility index (Phi) is 4.43. The van der Waals surface area contributed by atoms with Crippen molar-refractivity contribution in [2.45, 2.75) is 0 Å². The van der Waals surface area contributed by atoms with Crippen LogP contribution in [0.1, 0.15) is 0 Å². The first kappa shape index (κ1) is 17.9. The minimum atomic E-state index is -2.21. The third-order valence-electron chi connectivity index (χ3n) is 4.26. The smallest absolute Gasteiger partial charge is 0.200 e. The number of benzene rings is 3. The Labute approximate surface area is 156 Å². The van der Waals surface area contributed by atoms with Crippen LogP contribution >= 0.6 is 0 Å². The first-order valence-corrected chi connectivity index (χ1v) is 8.21. The quantitative estimate of drug-likeness (QED) is 0.257. The van der Waals surface area contributed by atoms with Crippen molar-refractivity contribution in [1.29, 1.82) is 0 Å². The molecule has 1 N–H and O–H groups in total. The maximum Gasteiger partial charge on any atom is 0.200 e. The predicted molar refractivity (Wildman–Crippen MR) is 94.7 cm³/mol. The van der Waals surface area contributed by atoms with Crippen molar-refractivity contribution in [2.24, 2.45) is 0 Å². The molecular formula is C21H11F5N2. The zero-order valence-corrected chi connectivity index (χ0v) is 14.1. The summed E-state index contributed by atoms with van der Waals surface area (Å²) in [6, 6.07) is 17.5. The highest BCUT2D eigenvalue weighted by atomic mass is 19.2. The lowest BCUT2D eigenvalue weighted by Gasteiger charge is -2.05. The minimum Gasteiger partial charge on any atom is -0.337 e. The first-order valence-electron chi connectivity index (χ1n) is 8.21. The molecule has 7 heteroatoms. The summed E-state index contributed by atoms with van der Waals surface area (Å²) in [5.41, 5.74) is 0.879. The summed E-state index contributed by atoms with van der Waals surface area (Å²) in [4.78, 5) is 6.89. The molecule has 140 valence electrons. The summed E-state index contributed by atoms with van der Waals surface area (Å²) in [5, 5.41) is 0. The molecule has 4 aromatic rings. The fourth-order valence-corrected chi connectivity index (χ4v) is 2.92. The van der Waals surface area contributed by atoms with Gasteiger partial charge in [-0.1, -0.05) is 60.7 Å². The Morgan fingerprint density at radius 2 is 1.04 bits per heavy atom. The molecule has 0 spiro atoms. The molecule has 2 nitrogen and oxygen atoms in total. The van der Waals surface area contributed by atoms with E-state index in [2.05, 4.69) is 9.97 Å². The molecule has 1 aromatic heterocycles. The third kappa shape index (κ3) is 2.85. The van der Waals surface area contributed by atoms with Crippen molar-refractivity contribution in [2.75, 3.05) is 0 Å². The molecule has 0 radical (unpaired) electrons. The van der Waals surface area contributed by atoms with Crippen LogP contribution in [0, 0.1) is 29.1 Å². The predicted octanol–water partition coefficient (Wildman–Crippen LogP) is 6.11. The molecule has 1 heterocycles. The molecule has 4 rings (SSSR count). The van der Waals surface area contributed by atoms with Crippen LogP contribution in [-0.4, -0.2) is 9.97 Å². The summed E-state index contributed by atoms with van der Waals surface area (Å²) in [5.74, 6) is -10.6. The molecule has 0 unspecified atom stereocenters. The van der Waals surface area contributed by atoms with Crippen molar-refractivity contribution in [1.82, 2.24) is 9.97 Å². The van der Waals surface area contributed by atoms with Gasteiger partial charge in [0, 0.05) is 11.1 Å². The molecule has 0 saturated heterocycles. The molecule has 0 aliphatic rings. The molecule has 0 fully saturated rings. The van der Waals surface area contributed by atoms with E-state index in [4.69, 9.17) is 0 Å². The lowest BCUT2D eigenvalue weighted by atomic mass is 10.1. The SMILES string of the molecule is Fc1c(F)c(F)c(-c2nc(-c3ccccc3)c(-c3ccccc3)[nH]2)c(F)c1F. The van der Waals surface area contributed by atoms with Gasteiger partial charge >= 0.3 is 0 Å². The van der Waals surface area contributed by atoms with Crippen LogP contribution in [0.5, 0.6) is 0 Å². The van der Waals surface area contributed by atoms with Crippen molar-refractivity contribution in [3.05, 3.63) is 89.7 Å². The molecule has 3 aromatic carbocycles. The van der Waals surface area contributed by atoms with Gasteiger partial charge in [0.25, 0.3) is 0 Å². The zero-order valence-electron chi connectivity index (χ0n) is 14.1. The van der Waals surface area contributed by atoms with E-state index in [9.17, 15) is 22.0 Å². The van der Waals surface area contributed by atoms with E-state index in [-0.39, 0.29) is 0 Å². The summed E-state index contributed by atoms with van der Waals surface area (Å²) >= 11 is 0. The molecular weight excluding hydrogens is 375 g/mol. The van der Waals surface area contributed by atoms with Gasteiger partial charge in [0.15, 0.2) is 23.3 Å². The van der Waals surface area contributed by atoms with Gasteiger partial charge in [0.2, 0.25) is 5.82 Å². The van der Waals surface area contributed by atoms with E-state index < -0.39 is 40.5 Å². The maximum absolute atomic E-state index is 14.3. The molecule has 0 aliphatic carbocycles. The minimum absolute atomic E-state index is 0.325. The lowest BCUT2D eigenvalue weighted by Crippen LogP contribution is -2.04. The standard InChI is InChI=1S/C21H11F5N2/c22-14-13(15(23)17(25)18(26)16(14)24)21-27-19(11-7-3-1-4-8-11)20(28-21)12-9-5-2-6-10-12/h1-10H,(H,27,28). The normalized spacial score (nSPS) is 11.0. The number of aromatic amines is 1. The second-order valence-corrected chi connectivity index (χ2v) is 5.99. The number of nitrogens with one attached hydrogen (secondary N) is 1. The molecule has 28 heavy (non-hydrogen) atoms. The number of hydrogen-bond donors (Lipinski definition) is 1. The van der Waals surface area contributed by atoms with Crippen molar-refractivity contribution < 1.29 is 22.0 Å². The van der Waals surface area contributed by atoms with Crippen molar-refractivity contribution in [3.8, 4) is 33.9 Å². The Morgan fingerprint density at radius 1 is 0.571 bits per heavy atom. The lowest BCUT2D eigenvalue weighted by molar-refractivity contribution is 0.381. The van der Waals surface area contributed by atoms with Crippen LogP contribution in [0.25, 0.3) is 33.9 Å². The van der Waals surface area contributed by atoms with Gasteiger partial charge in [0.1, 0.15) is 5.82 Å². The molecule has 0 bridgehead atoms. The van der Waals surface area contributed by atoms with Gasteiger partial charge in [-0.25, -0.2) is 26.9 Å². The number of rotatable bonds is 3. The molecule has 0 aliphatic heterocycles. The average molecular weight is 386 g/mol. The average Bonchev–Trinajstić information content (AvgIpc) is 3.17. The first-order chi connectivity index (χ1) is 13.5. The number of hydrogen-bond acceptors (Lipinski definition) is 1. The highest BCUT2D eigenvalue weighted by Gasteiger charge is 2.29. The second kappa shape index (κ2) is 6.92. The van der Waals surface area contributed by atoms with Crippen molar-refractivity contribution in [3.63, 3.8) is 0 Å². The van der Waals surface area contributed by atoms with E-state index >= 15 is 0 Å². The van der Waals surface area contributed by atoms with E-state index in [1.165, 1.54) is 0 Å². The Balaban J connectivity index is 2.00. The van der Waals surface area contributed by atoms with Gasteiger partial charge in [-0.3, -0.25) is 0 Å².